The van der Waals surface area contributed by atoms with Crippen LogP contribution in [0.3, 0.4) is 0 Å². The Morgan fingerprint density at radius 3 is 2.61 bits per heavy atom. The molecule has 0 radical (unpaired) electrons. The fraction of sp³-hybridized carbons (Fsp3) is 0.200. The molecule has 0 saturated heterocycles. The second kappa shape index (κ2) is 6.41. The van der Waals surface area contributed by atoms with Crippen LogP contribution in [-0.4, -0.2) is 7.05 Å². The van der Waals surface area contributed by atoms with Crippen molar-refractivity contribution >= 4 is 27.7 Å². The van der Waals surface area contributed by atoms with Gasteiger partial charge in [-0.2, -0.15) is 0 Å². The van der Waals surface area contributed by atoms with E-state index in [9.17, 15) is 0 Å². The molecular weight excluding hydrogens is 306 g/mol. The van der Waals surface area contributed by atoms with Crippen molar-refractivity contribution in [3.63, 3.8) is 0 Å². The monoisotopic (exact) mass is 321 g/mol. The number of hydrogen-bond donors (Lipinski definition) is 1. The van der Waals surface area contributed by atoms with E-state index in [0.29, 0.717) is 0 Å². The lowest BCUT2D eigenvalue weighted by Gasteiger charge is -2.11. The molecule has 0 bridgehead atoms. The molecule has 94 valence electrons. The maximum Gasteiger partial charge on any atom is 0.0214 e. The zero-order valence-electron chi connectivity index (χ0n) is 10.5. The third kappa shape index (κ3) is 3.37. The Labute approximate surface area is 121 Å². The summed E-state index contributed by atoms with van der Waals surface area (Å²) < 4.78 is 1.13. The van der Waals surface area contributed by atoms with Crippen molar-refractivity contribution in [2.24, 2.45) is 0 Å². The zero-order valence-corrected chi connectivity index (χ0v) is 12.9. The first-order chi connectivity index (χ1) is 8.70. The minimum atomic E-state index is 0.883. The topological polar surface area (TPSA) is 12.0 Å². The first-order valence-corrected chi connectivity index (χ1v) is 7.48. The van der Waals surface area contributed by atoms with Gasteiger partial charge in [-0.1, -0.05) is 45.9 Å². The Hall–Kier alpha value is -0.770. The molecule has 0 saturated carbocycles. The van der Waals surface area contributed by atoms with Crippen molar-refractivity contribution in [1.29, 1.82) is 0 Å². The summed E-state index contributed by atoms with van der Waals surface area (Å²) in [5, 5.41) is 3.22. The predicted octanol–water partition coefficient (Wildman–Crippen LogP) is 4.63. The zero-order chi connectivity index (χ0) is 13.0. The minimum Gasteiger partial charge on any atom is -0.316 e. The van der Waals surface area contributed by atoms with Gasteiger partial charge < -0.3 is 5.32 Å². The van der Waals surface area contributed by atoms with E-state index in [4.69, 9.17) is 0 Å². The van der Waals surface area contributed by atoms with Crippen LogP contribution in [0, 0.1) is 6.92 Å². The van der Waals surface area contributed by atoms with E-state index in [1.165, 1.54) is 20.9 Å². The van der Waals surface area contributed by atoms with Gasteiger partial charge in [0.15, 0.2) is 0 Å². The minimum absolute atomic E-state index is 0.883. The molecule has 2 aromatic carbocycles. The lowest BCUT2D eigenvalue weighted by atomic mass is 10.2. The van der Waals surface area contributed by atoms with Crippen LogP contribution in [-0.2, 0) is 6.54 Å². The third-order valence-electron chi connectivity index (χ3n) is 2.70. The number of nitrogens with one attached hydrogen (secondary N) is 1. The highest BCUT2D eigenvalue weighted by Crippen LogP contribution is 2.33. The van der Waals surface area contributed by atoms with E-state index in [0.717, 1.165) is 11.0 Å². The largest absolute Gasteiger partial charge is 0.316 e. The molecule has 0 spiro atoms. The quantitative estimate of drug-likeness (QED) is 0.881. The van der Waals surface area contributed by atoms with Crippen LogP contribution < -0.4 is 5.32 Å². The maximum absolute atomic E-state index is 3.53. The lowest BCUT2D eigenvalue weighted by molar-refractivity contribution is 0.802. The highest BCUT2D eigenvalue weighted by atomic mass is 79.9. The van der Waals surface area contributed by atoms with Crippen LogP contribution in [0.2, 0.25) is 0 Å². The lowest BCUT2D eigenvalue weighted by Crippen LogP contribution is -2.06. The van der Waals surface area contributed by atoms with E-state index < -0.39 is 0 Å². The molecule has 0 aliphatic heterocycles. The predicted molar refractivity (Wildman–Crippen MR) is 82.2 cm³/mol. The smallest absolute Gasteiger partial charge is 0.0214 e. The van der Waals surface area contributed by atoms with E-state index in [2.05, 4.69) is 70.6 Å². The number of benzene rings is 2. The van der Waals surface area contributed by atoms with Gasteiger partial charge >= 0.3 is 0 Å². The number of halogens is 1. The Bertz CT molecular complexity index is 540. The second-order valence-electron chi connectivity index (χ2n) is 4.15. The van der Waals surface area contributed by atoms with Crippen molar-refractivity contribution < 1.29 is 0 Å². The molecule has 0 amide bonds. The van der Waals surface area contributed by atoms with Crippen LogP contribution in [0.4, 0.5) is 0 Å². The molecule has 0 aliphatic rings. The maximum atomic E-state index is 3.53. The van der Waals surface area contributed by atoms with Crippen molar-refractivity contribution in [1.82, 2.24) is 5.32 Å². The summed E-state index contributed by atoms with van der Waals surface area (Å²) in [6.45, 7) is 3.03. The van der Waals surface area contributed by atoms with E-state index in [1.807, 2.05) is 18.8 Å². The normalized spacial score (nSPS) is 10.6. The summed E-state index contributed by atoms with van der Waals surface area (Å²) in [7, 11) is 1.98. The molecule has 0 unspecified atom stereocenters. The summed E-state index contributed by atoms with van der Waals surface area (Å²) in [6, 6.07) is 14.9. The summed E-state index contributed by atoms with van der Waals surface area (Å²) in [4.78, 5) is 2.62. The van der Waals surface area contributed by atoms with Crippen molar-refractivity contribution in [3.8, 4) is 0 Å². The van der Waals surface area contributed by atoms with Gasteiger partial charge in [-0.05, 0) is 49.4 Å². The number of rotatable bonds is 4. The standard InChI is InChI=1S/C15H16BrNS/c1-11-5-3-4-6-14(11)18-15-8-7-13(16)9-12(15)10-17-2/h3-9,17H,10H2,1-2H3. The molecule has 0 heterocycles. The van der Waals surface area contributed by atoms with Gasteiger partial charge in [-0.25, -0.2) is 0 Å². The SMILES string of the molecule is CNCc1cc(Br)ccc1Sc1ccccc1C. The third-order valence-corrected chi connectivity index (χ3v) is 4.49. The molecule has 0 aliphatic carbocycles. The molecule has 2 aromatic rings. The summed E-state index contributed by atoms with van der Waals surface area (Å²) in [5.74, 6) is 0. The fourth-order valence-corrected chi connectivity index (χ4v) is 3.18. The first-order valence-electron chi connectivity index (χ1n) is 5.87. The molecule has 0 aromatic heterocycles. The van der Waals surface area contributed by atoms with Crippen molar-refractivity contribution in [3.05, 3.63) is 58.1 Å². The van der Waals surface area contributed by atoms with Crippen LogP contribution in [0.15, 0.2) is 56.7 Å². The highest BCUT2D eigenvalue weighted by molar-refractivity contribution is 9.10. The fourth-order valence-electron chi connectivity index (χ4n) is 1.77. The average molecular weight is 322 g/mol. The second-order valence-corrected chi connectivity index (χ2v) is 6.15. The summed E-state index contributed by atoms with van der Waals surface area (Å²) in [6.07, 6.45) is 0. The number of hydrogen-bond acceptors (Lipinski definition) is 2. The van der Waals surface area contributed by atoms with E-state index >= 15 is 0 Å². The molecule has 0 atom stereocenters. The highest BCUT2D eigenvalue weighted by Gasteiger charge is 2.06. The molecular formula is C15H16BrNS. The van der Waals surface area contributed by atoms with Crippen LogP contribution in [0.1, 0.15) is 11.1 Å². The molecule has 1 nitrogen and oxygen atoms in total. The van der Waals surface area contributed by atoms with Crippen LogP contribution >= 0.6 is 27.7 Å². The molecule has 1 N–H and O–H groups in total. The summed E-state index contributed by atoms with van der Waals surface area (Å²) in [5.41, 5.74) is 2.64. The Balaban J connectivity index is 2.31. The molecule has 3 heteroatoms. The van der Waals surface area contributed by atoms with Gasteiger partial charge in [0.25, 0.3) is 0 Å². The van der Waals surface area contributed by atoms with Crippen LogP contribution in [0.25, 0.3) is 0 Å². The Kier molecular flexibility index (Phi) is 4.87. The van der Waals surface area contributed by atoms with Gasteiger partial charge in [0, 0.05) is 20.8 Å². The van der Waals surface area contributed by atoms with Crippen molar-refractivity contribution in [2.75, 3.05) is 7.05 Å². The van der Waals surface area contributed by atoms with E-state index in [-0.39, 0.29) is 0 Å². The van der Waals surface area contributed by atoms with Gasteiger partial charge in [0.2, 0.25) is 0 Å². The summed E-state index contributed by atoms with van der Waals surface area (Å²) >= 11 is 5.36. The van der Waals surface area contributed by atoms with Gasteiger partial charge in [0.05, 0.1) is 0 Å². The average Bonchev–Trinajstić information content (AvgIpc) is 2.35. The Morgan fingerprint density at radius 1 is 1.11 bits per heavy atom. The van der Waals surface area contributed by atoms with Gasteiger partial charge in [0.1, 0.15) is 0 Å². The molecule has 0 fully saturated rings. The van der Waals surface area contributed by atoms with Crippen molar-refractivity contribution in [2.45, 2.75) is 23.3 Å². The Morgan fingerprint density at radius 2 is 1.89 bits per heavy atom. The first kappa shape index (κ1) is 13.7. The van der Waals surface area contributed by atoms with Gasteiger partial charge in [-0.3, -0.25) is 0 Å². The molecule has 18 heavy (non-hydrogen) atoms. The number of aryl methyl sites for hydroxylation is 1. The van der Waals surface area contributed by atoms with E-state index in [1.54, 1.807) is 0 Å². The van der Waals surface area contributed by atoms with Gasteiger partial charge in [-0.15, -0.1) is 0 Å². The molecule has 2 rings (SSSR count). The van der Waals surface area contributed by atoms with Crippen LogP contribution in [0.5, 0.6) is 0 Å².